The van der Waals surface area contributed by atoms with E-state index in [0.29, 0.717) is 23.7 Å². The van der Waals surface area contributed by atoms with Crippen molar-refractivity contribution in [3.63, 3.8) is 0 Å². The van der Waals surface area contributed by atoms with Crippen molar-refractivity contribution in [2.75, 3.05) is 19.0 Å². The van der Waals surface area contributed by atoms with E-state index in [4.69, 9.17) is 9.72 Å². The number of Topliss-reactive ketones (excluding diaryl/α,β-unsaturated/α-hetero) is 1. The van der Waals surface area contributed by atoms with Crippen molar-refractivity contribution >= 4 is 28.3 Å². The van der Waals surface area contributed by atoms with E-state index in [-0.39, 0.29) is 5.41 Å². The minimum Gasteiger partial charge on any atom is -0.494 e. The molecule has 0 fully saturated rings. The lowest BCUT2D eigenvalue weighted by atomic mass is 9.88. The number of anilines is 1. The normalized spacial score (nSPS) is 11.9. The van der Waals surface area contributed by atoms with Crippen molar-refractivity contribution in [1.29, 1.82) is 0 Å². The molecular formula is C21H29N5O2. The highest BCUT2D eigenvalue weighted by molar-refractivity contribution is 5.87. The van der Waals surface area contributed by atoms with Crippen molar-refractivity contribution < 1.29 is 9.53 Å². The number of nitrogens with zero attached hydrogens (tertiary/aromatic N) is 4. The van der Waals surface area contributed by atoms with Gasteiger partial charge in [-0.15, -0.1) is 10.2 Å². The largest absolute Gasteiger partial charge is 0.494 e. The molecule has 0 amide bonds. The number of fused-ring (bicyclic) bond motifs is 3. The van der Waals surface area contributed by atoms with Gasteiger partial charge in [-0.1, -0.05) is 33.3 Å². The molecule has 7 heteroatoms. The molecule has 0 bridgehead atoms. The number of hydrogen-bond acceptors (Lipinski definition) is 6. The summed E-state index contributed by atoms with van der Waals surface area (Å²) in [6.07, 6.45) is 3.51. The van der Waals surface area contributed by atoms with E-state index < -0.39 is 0 Å². The van der Waals surface area contributed by atoms with Crippen LogP contribution in [0.1, 0.15) is 52.3 Å². The number of rotatable bonds is 8. The van der Waals surface area contributed by atoms with Crippen LogP contribution < -0.4 is 10.1 Å². The molecule has 2 heterocycles. The van der Waals surface area contributed by atoms with Gasteiger partial charge < -0.3 is 10.1 Å². The Hall–Kier alpha value is -2.70. The maximum absolute atomic E-state index is 12.0. The van der Waals surface area contributed by atoms with Crippen LogP contribution in [0.15, 0.2) is 18.2 Å². The first-order valence-corrected chi connectivity index (χ1v) is 9.78. The number of ether oxygens (including phenoxy) is 1. The van der Waals surface area contributed by atoms with Gasteiger partial charge in [0, 0.05) is 18.4 Å². The maximum atomic E-state index is 12.0. The second kappa shape index (κ2) is 8.12. The topological polar surface area (TPSA) is 81.4 Å². The molecule has 3 aromatic rings. The minimum atomic E-state index is -0.247. The highest BCUT2D eigenvalue weighted by Crippen LogP contribution is 2.28. The zero-order chi connectivity index (χ0) is 20.3. The summed E-state index contributed by atoms with van der Waals surface area (Å²) < 4.78 is 7.47. The number of carbonyl (C=O) groups excluding carboxylic acids is 1. The highest BCUT2D eigenvalue weighted by Gasteiger charge is 2.20. The van der Waals surface area contributed by atoms with Crippen LogP contribution >= 0.6 is 0 Å². The minimum absolute atomic E-state index is 0.247. The third-order valence-electron chi connectivity index (χ3n) is 4.91. The lowest BCUT2D eigenvalue weighted by molar-refractivity contribution is -0.126. The number of aryl methyl sites for hydroxylation is 1. The van der Waals surface area contributed by atoms with Gasteiger partial charge in [0.25, 0.3) is 0 Å². The van der Waals surface area contributed by atoms with Gasteiger partial charge in [0.1, 0.15) is 22.9 Å². The van der Waals surface area contributed by atoms with Crippen LogP contribution in [0.5, 0.6) is 5.75 Å². The summed E-state index contributed by atoms with van der Waals surface area (Å²) in [6.45, 7) is 8.61. The Balaban J connectivity index is 1.70. The molecule has 1 N–H and O–H groups in total. The number of aromatic nitrogens is 4. The average Bonchev–Trinajstić information content (AvgIpc) is 3.05. The van der Waals surface area contributed by atoms with Gasteiger partial charge in [0.15, 0.2) is 5.82 Å². The molecule has 0 aliphatic carbocycles. The van der Waals surface area contributed by atoms with E-state index in [1.807, 2.05) is 50.3 Å². The number of ketones is 1. The van der Waals surface area contributed by atoms with Gasteiger partial charge in [-0.2, -0.15) is 0 Å². The summed E-state index contributed by atoms with van der Waals surface area (Å²) >= 11 is 0. The quantitative estimate of drug-likeness (QED) is 0.588. The van der Waals surface area contributed by atoms with E-state index in [1.165, 1.54) is 0 Å². The van der Waals surface area contributed by atoms with Crippen LogP contribution in [0.2, 0.25) is 0 Å². The number of benzene rings is 1. The zero-order valence-electron chi connectivity index (χ0n) is 17.4. The standard InChI is InChI=1S/C21H29N5O2/c1-14-24-25-20-19(22-13-8-6-7-12-17(27)21(2,3)4)23-18-15(26(14)20)10-9-11-16(18)28-5/h9-11H,6-8,12-13H2,1-5H3,(H,22,23). The number of para-hydroxylation sites is 1. The Labute approximate surface area is 165 Å². The summed E-state index contributed by atoms with van der Waals surface area (Å²) in [5.41, 5.74) is 2.16. The number of nitrogens with one attached hydrogen (secondary N) is 1. The molecule has 3 rings (SSSR count). The zero-order valence-corrected chi connectivity index (χ0v) is 17.4. The SMILES string of the molecule is COc1cccc2c1nc(NCCCCCC(=O)C(C)(C)C)c1nnc(C)n12. The van der Waals surface area contributed by atoms with Crippen LogP contribution in [0.3, 0.4) is 0 Å². The fourth-order valence-corrected chi connectivity index (χ4v) is 3.22. The molecule has 0 spiro atoms. The fraction of sp³-hybridized carbons (Fsp3) is 0.524. The van der Waals surface area contributed by atoms with Gasteiger partial charge in [0.05, 0.1) is 12.6 Å². The number of carbonyl (C=O) groups is 1. The van der Waals surface area contributed by atoms with E-state index in [2.05, 4.69) is 15.5 Å². The molecule has 0 radical (unpaired) electrons. The third-order valence-corrected chi connectivity index (χ3v) is 4.91. The lowest BCUT2D eigenvalue weighted by Crippen LogP contribution is -2.19. The Bertz CT molecular complexity index is 988. The van der Waals surface area contributed by atoms with Crippen LogP contribution in [-0.4, -0.2) is 39.0 Å². The van der Waals surface area contributed by atoms with Crippen molar-refractivity contribution in [3.05, 3.63) is 24.0 Å². The number of unbranched alkanes of at least 4 members (excludes halogenated alkanes) is 2. The van der Waals surface area contributed by atoms with Gasteiger partial charge in [0.2, 0.25) is 5.65 Å². The van der Waals surface area contributed by atoms with Gasteiger partial charge in [-0.3, -0.25) is 9.20 Å². The molecular weight excluding hydrogens is 354 g/mol. The Morgan fingerprint density at radius 2 is 1.96 bits per heavy atom. The molecule has 1 aromatic carbocycles. The summed E-state index contributed by atoms with van der Waals surface area (Å²) in [6, 6.07) is 5.83. The molecule has 150 valence electrons. The number of methoxy groups -OCH3 is 1. The van der Waals surface area contributed by atoms with Crippen molar-refractivity contribution in [2.24, 2.45) is 5.41 Å². The van der Waals surface area contributed by atoms with Crippen LogP contribution in [-0.2, 0) is 4.79 Å². The van der Waals surface area contributed by atoms with E-state index in [9.17, 15) is 4.79 Å². The van der Waals surface area contributed by atoms with E-state index in [0.717, 1.165) is 48.4 Å². The Morgan fingerprint density at radius 3 is 2.68 bits per heavy atom. The van der Waals surface area contributed by atoms with Crippen molar-refractivity contribution in [3.8, 4) is 5.75 Å². The smallest absolute Gasteiger partial charge is 0.204 e. The summed E-state index contributed by atoms with van der Waals surface area (Å²) in [5, 5.41) is 11.9. The predicted molar refractivity (Wildman–Crippen MR) is 111 cm³/mol. The molecule has 28 heavy (non-hydrogen) atoms. The molecule has 0 atom stereocenters. The molecule has 0 saturated heterocycles. The molecule has 0 unspecified atom stereocenters. The molecule has 7 nitrogen and oxygen atoms in total. The first-order chi connectivity index (χ1) is 13.3. The lowest BCUT2D eigenvalue weighted by Gasteiger charge is -2.16. The van der Waals surface area contributed by atoms with E-state index in [1.54, 1.807) is 7.11 Å². The van der Waals surface area contributed by atoms with Crippen molar-refractivity contribution in [2.45, 2.75) is 53.4 Å². The average molecular weight is 383 g/mol. The monoisotopic (exact) mass is 383 g/mol. The van der Waals surface area contributed by atoms with E-state index >= 15 is 0 Å². The van der Waals surface area contributed by atoms with Crippen LogP contribution in [0, 0.1) is 12.3 Å². The first kappa shape index (κ1) is 20.0. The summed E-state index contributed by atoms with van der Waals surface area (Å²) in [7, 11) is 1.64. The van der Waals surface area contributed by atoms with Crippen LogP contribution in [0.25, 0.3) is 16.7 Å². The molecule has 0 aliphatic heterocycles. The number of hydrogen-bond donors (Lipinski definition) is 1. The third kappa shape index (κ3) is 4.08. The summed E-state index contributed by atoms with van der Waals surface area (Å²) in [4.78, 5) is 16.7. The first-order valence-electron chi connectivity index (χ1n) is 9.78. The van der Waals surface area contributed by atoms with Gasteiger partial charge in [-0.05, 0) is 31.9 Å². The molecule has 0 saturated carbocycles. The predicted octanol–water partition coefficient (Wildman–Crippen LogP) is 4.18. The van der Waals surface area contributed by atoms with Gasteiger partial charge >= 0.3 is 0 Å². The van der Waals surface area contributed by atoms with Crippen molar-refractivity contribution in [1.82, 2.24) is 19.6 Å². The second-order valence-electron chi connectivity index (χ2n) is 8.11. The summed E-state index contributed by atoms with van der Waals surface area (Å²) in [5.74, 6) is 2.54. The van der Waals surface area contributed by atoms with Gasteiger partial charge in [-0.25, -0.2) is 4.98 Å². The second-order valence-corrected chi connectivity index (χ2v) is 8.11. The highest BCUT2D eigenvalue weighted by atomic mass is 16.5. The molecule has 0 aliphatic rings. The Morgan fingerprint density at radius 1 is 1.18 bits per heavy atom. The fourth-order valence-electron chi connectivity index (χ4n) is 3.22. The van der Waals surface area contributed by atoms with Crippen LogP contribution in [0.4, 0.5) is 5.82 Å². The Kier molecular flexibility index (Phi) is 5.82. The maximum Gasteiger partial charge on any atom is 0.204 e. The molecule has 2 aromatic heterocycles.